The highest BCUT2D eigenvalue weighted by atomic mass is 16.7. The Morgan fingerprint density at radius 3 is 3.06 bits per heavy atom. The largest absolute Gasteiger partial charge is 0.454 e. The van der Waals surface area contributed by atoms with E-state index < -0.39 is 0 Å². The smallest absolute Gasteiger partial charge is 0.231 e. The van der Waals surface area contributed by atoms with Crippen molar-refractivity contribution in [2.24, 2.45) is 0 Å². The number of rotatable bonds is 1. The van der Waals surface area contributed by atoms with Crippen LogP contribution in [-0.2, 0) is 0 Å². The molecule has 2 aliphatic rings. The summed E-state index contributed by atoms with van der Waals surface area (Å²) in [5, 5.41) is 3.51. The number of hydrogen-bond donors (Lipinski definition) is 1. The maximum atomic E-state index is 5.58. The molecule has 2 heterocycles. The second-order valence-electron chi connectivity index (χ2n) is 4.85. The predicted molar refractivity (Wildman–Crippen MR) is 65.4 cm³/mol. The van der Waals surface area contributed by atoms with Gasteiger partial charge in [0.25, 0.3) is 0 Å². The van der Waals surface area contributed by atoms with Gasteiger partial charge >= 0.3 is 0 Å². The van der Waals surface area contributed by atoms with E-state index in [1.807, 2.05) is 12.1 Å². The highest BCUT2D eigenvalue weighted by Crippen LogP contribution is 2.40. The van der Waals surface area contributed by atoms with E-state index >= 15 is 0 Å². The Kier molecular flexibility index (Phi) is 2.68. The van der Waals surface area contributed by atoms with Gasteiger partial charge in [0.15, 0.2) is 11.5 Å². The Morgan fingerprint density at radius 1 is 1.35 bits per heavy atom. The third kappa shape index (κ3) is 1.87. The third-order valence-electron chi connectivity index (χ3n) is 3.54. The van der Waals surface area contributed by atoms with Gasteiger partial charge in [-0.2, -0.15) is 0 Å². The molecule has 3 rings (SSSR count). The summed E-state index contributed by atoms with van der Waals surface area (Å²) in [6.07, 6.45) is 0. The van der Waals surface area contributed by atoms with Crippen molar-refractivity contribution in [3.05, 3.63) is 23.8 Å². The number of hydrogen-bond acceptors (Lipinski definition) is 4. The van der Waals surface area contributed by atoms with Gasteiger partial charge in [0, 0.05) is 24.7 Å². The molecule has 4 nitrogen and oxygen atoms in total. The number of nitrogens with zero attached hydrogens (tertiary/aromatic N) is 1. The summed E-state index contributed by atoms with van der Waals surface area (Å²) in [6, 6.07) is 7.04. The molecule has 0 aromatic heterocycles. The van der Waals surface area contributed by atoms with Gasteiger partial charge in [0.1, 0.15) is 0 Å². The van der Waals surface area contributed by atoms with Gasteiger partial charge in [-0.05, 0) is 20.0 Å². The average molecular weight is 234 g/mol. The first-order chi connectivity index (χ1) is 8.25. The van der Waals surface area contributed by atoms with Crippen LogP contribution in [0.2, 0.25) is 0 Å². The Hall–Kier alpha value is -1.26. The van der Waals surface area contributed by atoms with Crippen LogP contribution in [0.1, 0.15) is 18.5 Å². The van der Waals surface area contributed by atoms with E-state index in [4.69, 9.17) is 9.47 Å². The van der Waals surface area contributed by atoms with Gasteiger partial charge in [0.05, 0.1) is 6.04 Å². The molecule has 2 atom stereocenters. The van der Waals surface area contributed by atoms with Gasteiger partial charge in [-0.3, -0.25) is 4.90 Å². The van der Waals surface area contributed by atoms with Crippen molar-refractivity contribution in [3.63, 3.8) is 0 Å². The van der Waals surface area contributed by atoms with E-state index in [1.165, 1.54) is 5.56 Å². The summed E-state index contributed by atoms with van der Waals surface area (Å²) in [5.74, 6) is 1.79. The quantitative estimate of drug-likeness (QED) is 0.796. The molecular formula is C13H18N2O2. The minimum Gasteiger partial charge on any atom is -0.454 e. The molecule has 0 aliphatic carbocycles. The zero-order chi connectivity index (χ0) is 11.8. The standard InChI is InChI=1S/C13H18N2O2/c1-9-7-15(2)11(6-14-9)10-4-3-5-12-13(10)17-8-16-12/h3-5,9,11,14H,6-8H2,1-2H3. The summed E-state index contributed by atoms with van der Waals surface area (Å²) in [7, 11) is 2.16. The highest BCUT2D eigenvalue weighted by molar-refractivity contribution is 5.49. The molecule has 0 spiro atoms. The molecule has 0 radical (unpaired) electrons. The van der Waals surface area contributed by atoms with Crippen LogP contribution in [0.3, 0.4) is 0 Å². The van der Waals surface area contributed by atoms with Crippen molar-refractivity contribution < 1.29 is 9.47 Å². The highest BCUT2D eigenvalue weighted by Gasteiger charge is 2.29. The molecule has 2 unspecified atom stereocenters. The van der Waals surface area contributed by atoms with Gasteiger partial charge in [0.2, 0.25) is 6.79 Å². The van der Waals surface area contributed by atoms with Crippen LogP contribution in [-0.4, -0.2) is 37.9 Å². The molecule has 1 aromatic carbocycles. The summed E-state index contributed by atoms with van der Waals surface area (Å²) >= 11 is 0. The minimum atomic E-state index is 0.340. The molecular weight excluding hydrogens is 216 g/mol. The number of nitrogens with one attached hydrogen (secondary N) is 1. The Bertz CT molecular complexity index is 422. The second kappa shape index (κ2) is 4.20. The molecule has 2 aliphatic heterocycles. The summed E-state index contributed by atoms with van der Waals surface area (Å²) < 4.78 is 11.0. The van der Waals surface area contributed by atoms with Crippen molar-refractivity contribution in [3.8, 4) is 11.5 Å². The molecule has 1 fully saturated rings. The van der Waals surface area contributed by atoms with Gasteiger partial charge in [-0.25, -0.2) is 0 Å². The first-order valence-corrected chi connectivity index (χ1v) is 6.08. The predicted octanol–water partition coefficient (Wildman–Crippen LogP) is 1.38. The van der Waals surface area contributed by atoms with Crippen molar-refractivity contribution in [1.29, 1.82) is 0 Å². The molecule has 0 saturated carbocycles. The molecule has 0 amide bonds. The van der Waals surface area contributed by atoms with Crippen LogP contribution < -0.4 is 14.8 Å². The lowest BCUT2D eigenvalue weighted by molar-refractivity contribution is 0.156. The maximum absolute atomic E-state index is 5.58. The van der Waals surface area contributed by atoms with Crippen LogP contribution in [0.25, 0.3) is 0 Å². The maximum Gasteiger partial charge on any atom is 0.231 e. The molecule has 1 saturated heterocycles. The molecule has 1 aromatic rings. The Morgan fingerprint density at radius 2 is 2.24 bits per heavy atom. The fraction of sp³-hybridized carbons (Fsp3) is 0.538. The van der Waals surface area contributed by atoms with E-state index in [0.717, 1.165) is 24.6 Å². The number of piperazine rings is 1. The van der Waals surface area contributed by atoms with E-state index in [0.29, 0.717) is 18.9 Å². The van der Waals surface area contributed by atoms with E-state index in [2.05, 4.69) is 30.3 Å². The number of likely N-dealkylation sites (N-methyl/N-ethyl adjacent to an activating group) is 1. The normalized spacial score (nSPS) is 28.4. The zero-order valence-electron chi connectivity index (χ0n) is 10.3. The van der Waals surface area contributed by atoms with E-state index in [1.54, 1.807) is 0 Å². The lowest BCUT2D eigenvalue weighted by Gasteiger charge is -2.37. The van der Waals surface area contributed by atoms with Gasteiger partial charge in [-0.1, -0.05) is 12.1 Å². The molecule has 17 heavy (non-hydrogen) atoms. The molecule has 0 bridgehead atoms. The van der Waals surface area contributed by atoms with Gasteiger partial charge < -0.3 is 14.8 Å². The monoisotopic (exact) mass is 234 g/mol. The fourth-order valence-electron chi connectivity index (χ4n) is 2.66. The van der Waals surface area contributed by atoms with Crippen LogP contribution in [0.15, 0.2) is 18.2 Å². The van der Waals surface area contributed by atoms with Crippen LogP contribution >= 0.6 is 0 Å². The fourth-order valence-corrected chi connectivity index (χ4v) is 2.66. The van der Waals surface area contributed by atoms with Crippen LogP contribution in [0.5, 0.6) is 11.5 Å². The Balaban J connectivity index is 1.91. The summed E-state index contributed by atoms with van der Waals surface area (Å²) in [4.78, 5) is 2.37. The van der Waals surface area contributed by atoms with E-state index in [-0.39, 0.29) is 0 Å². The van der Waals surface area contributed by atoms with E-state index in [9.17, 15) is 0 Å². The number of para-hydroxylation sites is 1. The number of fused-ring (bicyclic) bond motifs is 1. The van der Waals surface area contributed by atoms with Crippen molar-refractivity contribution >= 4 is 0 Å². The molecule has 1 N–H and O–H groups in total. The zero-order valence-corrected chi connectivity index (χ0v) is 10.3. The lowest BCUT2D eigenvalue weighted by Crippen LogP contribution is -2.49. The SMILES string of the molecule is CC1CN(C)C(c2cccc3c2OCO3)CN1. The van der Waals surface area contributed by atoms with Crippen LogP contribution in [0, 0.1) is 0 Å². The first kappa shape index (κ1) is 10.9. The minimum absolute atomic E-state index is 0.340. The summed E-state index contributed by atoms with van der Waals surface area (Å²) in [5.41, 5.74) is 1.22. The average Bonchev–Trinajstić information content (AvgIpc) is 2.77. The van der Waals surface area contributed by atoms with Crippen LogP contribution in [0.4, 0.5) is 0 Å². The third-order valence-corrected chi connectivity index (χ3v) is 3.54. The topological polar surface area (TPSA) is 33.7 Å². The lowest BCUT2D eigenvalue weighted by atomic mass is 10.0. The molecule has 4 heteroatoms. The van der Waals surface area contributed by atoms with Crippen molar-refractivity contribution in [1.82, 2.24) is 10.2 Å². The first-order valence-electron chi connectivity index (χ1n) is 6.08. The van der Waals surface area contributed by atoms with Crippen molar-refractivity contribution in [2.45, 2.75) is 19.0 Å². The number of ether oxygens (including phenoxy) is 2. The number of benzene rings is 1. The second-order valence-corrected chi connectivity index (χ2v) is 4.85. The van der Waals surface area contributed by atoms with Gasteiger partial charge in [-0.15, -0.1) is 0 Å². The van der Waals surface area contributed by atoms with Crippen molar-refractivity contribution in [2.75, 3.05) is 26.9 Å². The molecule has 92 valence electrons. The summed E-state index contributed by atoms with van der Waals surface area (Å²) in [6.45, 7) is 4.56. The Labute approximate surface area is 102 Å².